The minimum absolute atomic E-state index is 0.161. The van der Waals surface area contributed by atoms with Crippen LogP contribution in [-0.2, 0) is 11.3 Å². The molecule has 0 aromatic carbocycles. The average Bonchev–Trinajstić information content (AvgIpc) is 3.32. The van der Waals surface area contributed by atoms with Crippen molar-refractivity contribution in [1.29, 1.82) is 5.26 Å². The predicted molar refractivity (Wildman–Crippen MR) is 116 cm³/mol. The highest BCUT2D eigenvalue weighted by Gasteiger charge is 2.60. The van der Waals surface area contributed by atoms with Gasteiger partial charge in [0.05, 0.1) is 18.3 Å². The number of ketones is 1. The van der Waals surface area contributed by atoms with Gasteiger partial charge in [-0.1, -0.05) is 27.2 Å². The Morgan fingerprint density at radius 2 is 1.90 bits per heavy atom. The van der Waals surface area contributed by atoms with Crippen molar-refractivity contribution in [2.75, 3.05) is 0 Å². The van der Waals surface area contributed by atoms with Gasteiger partial charge in [0.1, 0.15) is 6.07 Å². The van der Waals surface area contributed by atoms with E-state index in [0.717, 1.165) is 36.0 Å². The highest BCUT2D eigenvalue weighted by atomic mass is 16.1. The Bertz CT molecular complexity index is 868. The van der Waals surface area contributed by atoms with E-state index in [1.807, 2.05) is 0 Å². The molecule has 4 nitrogen and oxygen atoms in total. The van der Waals surface area contributed by atoms with Crippen LogP contribution in [0.25, 0.3) is 0 Å². The van der Waals surface area contributed by atoms with Crippen LogP contribution in [0.15, 0.2) is 12.4 Å². The standard InChI is InChI=1S/C26H37N3O/c1-17-8-10-25(2)19(12-17)4-5-20-21-6-7-23(26(21,3)11-9-22(20)25)24(30)16-29-15-18(13-27)14-28-29/h14-15,17,19-23H,4-12,16H2,1-3H3/t17-,19?,20?,21?,22?,23?,25-,26?/m0/s1. The fourth-order valence-corrected chi connectivity index (χ4v) is 8.78. The SMILES string of the molecule is C[C@H]1CC[C@@]2(C)C(CCC3C4CCC(C(=O)Cn5cc(C#N)cn5)C4(C)CCC32)C1. The van der Waals surface area contributed by atoms with Gasteiger partial charge < -0.3 is 0 Å². The molecule has 0 bridgehead atoms. The molecule has 5 rings (SSSR count). The van der Waals surface area contributed by atoms with Crippen LogP contribution in [0, 0.1) is 57.7 Å². The quantitative estimate of drug-likeness (QED) is 0.653. The molecule has 1 heterocycles. The number of nitriles is 1. The topological polar surface area (TPSA) is 58.7 Å². The van der Waals surface area contributed by atoms with E-state index in [2.05, 4.69) is 31.9 Å². The molecule has 0 aliphatic heterocycles. The molecule has 0 N–H and O–H groups in total. The van der Waals surface area contributed by atoms with Gasteiger partial charge >= 0.3 is 0 Å². The molecule has 162 valence electrons. The van der Waals surface area contributed by atoms with Gasteiger partial charge in [-0.3, -0.25) is 9.48 Å². The van der Waals surface area contributed by atoms with E-state index in [0.29, 0.717) is 23.3 Å². The van der Waals surface area contributed by atoms with Crippen LogP contribution < -0.4 is 0 Å². The summed E-state index contributed by atoms with van der Waals surface area (Å²) in [4.78, 5) is 13.3. The van der Waals surface area contributed by atoms with E-state index in [-0.39, 0.29) is 11.3 Å². The third-order valence-corrected chi connectivity index (χ3v) is 10.4. The molecule has 0 saturated heterocycles. The summed E-state index contributed by atoms with van der Waals surface area (Å²) < 4.78 is 1.67. The summed E-state index contributed by atoms with van der Waals surface area (Å²) in [5.74, 6) is 4.75. The van der Waals surface area contributed by atoms with Gasteiger partial charge in [0.2, 0.25) is 0 Å². The lowest BCUT2D eigenvalue weighted by atomic mass is 9.44. The van der Waals surface area contributed by atoms with Crippen molar-refractivity contribution in [2.45, 2.75) is 85.1 Å². The second kappa shape index (κ2) is 7.21. The highest BCUT2D eigenvalue weighted by Crippen LogP contribution is 2.67. The minimum Gasteiger partial charge on any atom is -0.297 e. The summed E-state index contributed by atoms with van der Waals surface area (Å²) in [6.07, 6.45) is 15.2. The normalized spacial score (nSPS) is 45.1. The summed E-state index contributed by atoms with van der Waals surface area (Å²) in [5.41, 5.74) is 1.24. The molecular weight excluding hydrogens is 370 g/mol. The maximum absolute atomic E-state index is 13.3. The Balaban J connectivity index is 1.34. The smallest absolute Gasteiger partial charge is 0.157 e. The molecule has 4 fully saturated rings. The Kier molecular flexibility index (Phi) is 4.88. The fourth-order valence-electron chi connectivity index (χ4n) is 8.78. The number of Topliss-reactive ketones (excluding diaryl/α,β-unsaturated/α-hetero) is 1. The van der Waals surface area contributed by atoms with E-state index < -0.39 is 0 Å². The average molecular weight is 408 g/mol. The highest BCUT2D eigenvalue weighted by molar-refractivity contribution is 5.82. The van der Waals surface area contributed by atoms with Gasteiger partial charge in [0.15, 0.2) is 5.78 Å². The Morgan fingerprint density at radius 1 is 1.13 bits per heavy atom. The van der Waals surface area contributed by atoms with Gasteiger partial charge in [0.25, 0.3) is 0 Å². The molecule has 6 unspecified atom stereocenters. The molecule has 4 aliphatic rings. The molecule has 4 heteroatoms. The van der Waals surface area contributed by atoms with Crippen molar-refractivity contribution >= 4 is 5.78 Å². The first-order valence-electron chi connectivity index (χ1n) is 12.3. The Labute approximate surface area is 181 Å². The zero-order valence-electron chi connectivity index (χ0n) is 18.9. The lowest BCUT2D eigenvalue weighted by Gasteiger charge is -2.61. The van der Waals surface area contributed by atoms with Crippen LogP contribution in [0.5, 0.6) is 0 Å². The summed E-state index contributed by atoms with van der Waals surface area (Å²) in [5, 5.41) is 13.3. The first kappa shape index (κ1) is 20.3. The summed E-state index contributed by atoms with van der Waals surface area (Å²) in [6, 6.07) is 2.11. The monoisotopic (exact) mass is 407 g/mol. The van der Waals surface area contributed by atoms with Gasteiger partial charge in [-0.15, -0.1) is 0 Å². The van der Waals surface area contributed by atoms with Gasteiger partial charge in [-0.2, -0.15) is 10.4 Å². The molecule has 0 amide bonds. The van der Waals surface area contributed by atoms with Gasteiger partial charge in [-0.25, -0.2) is 0 Å². The minimum atomic E-state index is 0.161. The Morgan fingerprint density at radius 3 is 2.67 bits per heavy atom. The summed E-state index contributed by atoms with van der Waals surface area (Å²) >= 11 is 0. The fraction of sp³-hybridized carbons (Fsp3) is 0.808. The first-order valence-corrected chi connectivity index (χ1v) is 12.3. The molecule has 1 aromatic heterocycles. The number of fused-ring (bicyclic) bond motifs is 5. The van der Waals surface area contributed by atoms with Crippen molar-refractivity contribution in [3.63, 3.8) is 0 Å². The van der Waals surface area contributed by atoms with Crippen LogP contribution in [0.2, 0.25) is 0 Å². The largest absolute Gasteiger partial charge is 0.297 e. The van der Waals surface area contributed by atoms with E-state index in [1.165, 1.54) is 51.4 Å². The number of nitrogens with zero attached hydrogens (tertiary/aromatic N) is 3. The van der Waals surface area contributed by atoms with Crippen LogP contribution in [0.3, 0.4) is 0 Å². The van der Waals surface area contributed by atoms with E-state index in [1.54, 1.807) is 17.1 Å². The van der Waals surface area contributed by atoms with Crippen LogP contribution >= 0.6 is 0 Å². The Hall–Kier alpha value is -1.63. The van der Waals surface area contributed by atoms with E-state index in [4.69, 9.17) is 5.26 Å². The van der Waals surface area contributed by atoms with Crippen LogP contribution in [-0.4, -0.2) is 15.6 Å². The number of hydrogen-bond donors (Lipinski definition) is 0. The van der Waals surface area contributed by atoms with E-state index in [9.17, 15) is 4.79 Å². The zero-order chi connectivity index (χ0) is 21.1. The second-order valence-electron chi connectivity index (χ2n) is 11.7. The lowest BCUT2D eigenvalue weighted by Crippen LogP contribution is -2.53. The van der Waals surface area contributed by atoms with Crippen molar-refractivity contribution in [3.8, 4) is 6.07 Å². The molecular formula is C26H37N3O. The summed E-state index contributed by atoms with van der Waals surface area (Å²) in [6.45, 7) is 7.84. The van der Waals surface area contributed by atoms with E-state index >= 15 is 0 Å². The molecule has 4 aliphatic carbocycles. The van der Waals surface area contributed by atoms with Crippen molar-refractivity contribution < 1.29 is 4.79 Å². The van der Waals surface area contributed by atoms with Gasteiger partial charge in [0, 0.05) is 12.1 Å². The van der Waals surface area contributed by atoms with Crippen LogP contribution in [0.4, 0.5) is 0 Å². The molecule has 30 heavy (non-hydrogen) atoms. The summed E-state index contributed by atoms with van der Waals surface area (Å²) in [7, 11) is 0. The van der Waals surface area contributed by atoms with Gasteiger partial charge in [-0.05, 0) is 91.8 Å². The number of rotatable bonds is 3. The third-order valence-electron chi connectivity index (χ3n) is 10.4. The van der Waals surface area contributed by atoms with Crippen molar-refractivity contribution in [3.05, 3.63) is 18.0 Å². The first-order chi connectivity index (χ1) is 14.3. The molecule has 1 aromatic rings. The number of carbonyl (C=O) groups excluding carboxylic acids is 1. The maximum Gasteiger partial charge on any atom is 0.157 e. The maximum atomic E-state index is 13.3. The lowest BCUT2D eigenvalue weighted by molar-refractivity contribution is -0.137. The zero-order valence-corrected chi connectivity index (χ0v) is 18.9. The number of hydrogen-bond acceptors (Lipinski definition) is 3. The third kappa shape index (κ3) is 2.99. The predicted octanol–water partition coefficient (Wildman–Crippen LogP) is 5.62. The number of carbonyl (C=O) groups is 1. The number of aromatic nitrogens is 2. The molecule has 0 spiro atoms. The molecule has 4 saturated carbocycles. The second-order valence-corrected chi connectivity index (χ2v) is 11.7. The van der Waals surface area contributed by atoms with Crippen molar-refractivity contribution in [2.24, 2.45) is 46.3 Å². The molecule has 0 radical (unpaired) electrons. The molecule has 8 atom stereocenters. The van der Waals surface area contributed by atoms with Crippen molar-refractivity contribution in [1.82, 2.24) is 9.78 Å². The van der Waals surface area contributed by atoms with Crippen LogP contribution in [0.1, 0.15) is 84.1 Å².